The molecule has 0 unspecified atom stereocenters. The molecule has 0 fully saturated rings. The molecule has 0 radical (unpaired) electrons. The number of likely N-dealkylation sites (N-methyl/N-ethyl adjacent to an activating group) is 1. The van der Waals surface area contributed by atoms with E-state index in [-0.39, 0.29) is 23.0 Å². The molecule has 0 aromatic rings. The second-order valence-electron chi connectivity index (χ2n) is 3.42. The van der Waals surface area contributed by atoms with Gasteiger partial charge in [0.2, 0.25) is 0 Å². The standard InChI is InChI=1S/C8H16NO2.BrH/c1-5-6-11-8(10)7-9(2,3)4;/h5H,1,6-7H2,2-4H3;1H/q+1;/p-1. The maximum atomic E-state index is 10.9. The van der Waals surface area contributed by atoms with Crippen LogP contribution < -0.4 is 17.0 Å². The topological polar surface area (TPSA) is 26.3 Å². The van der Waals surface area contributed by atoms with Crippen molar-refractivity contribution in [2.45, 2.75) is 0 Å². The fraction of sp³-hybridized carbons (Fsp3) is 0.625. The molecule has 0 heterocycles. The van der Waals surface area contributed by atoms with Crippen molar-refractivity contribution < 1.29 is 31.0 Å². The Hall–Kier alpha value is -0.350. The lowest BCUT2D eigenvalue weighted by Crippen LogP contribution is -3.00. The predicted octanol–water partition coefficient (Wildman–Crippen LogP) is -2.57. The second-order valence-corrected chi connectivity index (χ2v) is 3.42. The van der Waals surface area contributed by atoms with Crippen LogP contribution in [0.2, 0.25) is 0 Å². The Morgan fingerprint density at radius 2 is 2.00 bits per heavy atom. The van der Waals surface area contributed by atoms with Crippen LogP contribution in [0.15, 0.2) is 12.7 Å². The number of esters is 1. The third kappa shape index (κ3) is 9.65. The maximum absolute atomic E-state index is 10.9. The number of hydrogen-bond donors (Lipinski definition) is 0. The number of ether oxygens (including phenoxy) is 1. The Morgan fingerprint density at radius 3 is 2.33 bits per heavy atom. The van der Waals surface area contributed by atoms with Crippen LogP contribution in [0.1, 0.15) is 0 Å². The fourth-order valence-electron chi connectivity index (χ4n) is 0.585. The van der Waals surface area contributed by atoms with Gasteiger partial charge < -0.3 is 26.2 Å². The first kappa shape index (κ1) is 14.2. The lowest BCUT2D eigenvalue weighted by atomic mass is 10.5. The van der Waals surface area contributed by atoms with E-state index in [0.29, 0.717) is 17.6 Å². The van der Waals surface area contributed by atoms with Crippen molar-refractivity contribution in [1.29, 1.82) is 0 Å². The third-order valence-corrected chi connectivity index (χ3v) is 0.966. The van der Waals surface area contributed by atoms with E-state index in [0.717, 1.165) is 0 Å². The highest BCUT2D eigenvalue weighted by Gasteiger charge is 2.14. The molecule has 0 aromatic heterocycles. The highest BCUT2D eigenvalue weighted by molar-refractivity contribution is 5.70. The average Bonchev–Trinajstić information content (AvgIpc) is 1.79. The van der Waals surface area contributed by atoms with Gasteiger partial charge in [0.05, 0.1) is 21.1 Å². The number of rotatable bonds is 4. The largest absolute Gasteiger partial charge is 1.00 e. The summed E-state index contributed by atoms with van der Waals surface area (Å²) in [5.41, 5.74) is 0. The SMILES string of the molecule is C=CCOC(=O)C[N+](C)(C)C.[Br-]. The number of hydrogen-bond acceptors (Lipinski definition) is 2. The van der Waals surface area contributed by atoms with Crippen LogP contribution in [0.3, 0.4) is 0 Å². The van der Waals surface area contributed by atoms with Crippen molar-refractivity contribution in [1.82, 2.24) is 0 Å². The van der Waals surface area contributed by atoms with Gasteiger partial charge in [-0.15, -0.1) is 0 Å². The third-order valence-electron chi connectivity index (χ3n) is 0.966. The lowest BCUT2D eigenvalue weighted by molar-refractivity contribution is -0.862. The highest BCUT2D eigenvalue weighted by Crippen LogP contribution is 1.91. The van der Waals surface area contributed by atoms with Crippen molar-refractivity contribution >= 4 is 5.97 Å². The minimum atomic E-state index is -0.183. The number of quaternary nitrogens is 1. The number of halogens is 1. The molecular weight excluding hydrogens is 222 g/mol. The lowest BCUT2D eigenvalue weighted by Gasteiger charge is -2.21. The van der Waals surface area contributed by atoms with E-state index < -0.39 is 0 Å². The molecule has 3 nitrogen and oxygen atoms in total. The molecule has 12 heavy (non-hydrogen) atoms. The van der Waals surface area contributed by atoms with Gasteiger partial charge in [0.15, 0.2) is 6.54 Å². The first-order valence-corrected chi connectivity index (χ1v) is 3.52. The summed E-state index contributed by atoms with van der Waals surface area (Å²) in [7, 11) is 5.82. The Morgan fingerprint density at radius 1 is 1.50 bits per heavy atom. The van der Waals surface area contributed by atoms with E-state index in [9.17, 15) is 4.79 Å². The van der Waals surface area contributed by atoms with Gasteiger partial charge in [-0.25, -0.2) is 4.79 Å². The summed E-state index contributed by atoms with van der Waals surface area (Å²) in [6, 6.07) is 0. The molecule has 0 aliphatic carbocycles. The van der Waals surface area contributed by atoms with E-state index in [4.69, 9.17) is 4.74 Å². The Kier molecular flexibility index (Phi) is 7.33. The van der Waals surface area contributed by atoms with Crippen LogP contribution in [0.25, 0.3) is 0 Å². The van der Waals surface area contributed by atoms with Gasteiger partial charge in [0, 0.05) is 0 Å². The molecule has 0 aliphatic heterocycles. The zero-order valence-corrected chi connectivity index (χ0v) is 9.43. The molecule has 4 heteroatoms. The zero-order valence-electron chi connectivity index (χ0n) is 7.84. The smallest absolute Gasteiger partial charge is 0.362 e. The van der Waals surface area contributed by atoms with Crippen LogP contribution in [0.4, 0.5) is 0 Å². The van der Waals surface area contributed by atoms with E-state index in [2.05, 4.69) is 6.58 Å². The van der Waals surface area contributed by atoms with Crippen molar-refractivity contribution in [2.24, 2.45) is 0 Å². The maximum Gasteiger partial charge on any atom is 0.362 e. The summed E-state index contributed by atoms with van der Waals surface area (Å²) in [6.07, 6.45) is 1.56. The summed E-state index contributed by atoms with van der Waals surface area (Å²) < 4.78 is 5.39. The molecule has 0 bridgehead atoms. The van der Waals surface area contributed by atoms with Crippen LogP contribution in [-0.2, 0) is 9.53 Å². The Bertz CT molecular complexity index is 152. The van der Waals surface area contributed by atoms with Gasteiger partial charge >= 0.3 is 5.97 Å². The van der Waals surface area contributed by atoms with Gasteiger partial charge in [0.1, 0.15) is 6.61 Å². The summed E-state index contributed by atoms with van der Waals surface area (Å²) in [5.74, 6) is -0.183. The summed E-state index contributed by atoms with van der Waals surface area (Å²) in [4.78, 5) is 10.9. The van der Waals surface area contributed by atoms with Gasteiger partial charge in [-0.05, 0) is 0 Å². The molecule has 0 aliphatic rings. The van der Waals surface area contributed by atoms with Crippen molar-refractivity contribution in [3.05, 3.63) is 12.7 Å². The van der Waals surface area contributed by atoms with Crippen LogP contribution in [0.5, 0.6) is 0 Å². The molecule has 0 spiro atoms. The van der Waals surface area contributed by atoms with Crippen molar-refractivity contribution in [3.63, 3.8) is 0 Å². The molecule has 0 atom stereocenters. The van der Waals surface area contributed by atoms with Gasteiger partial charge in [-0.2, -0.15) is 0 Å². The van der Waals surface area contributed by atoms with Crippen LogP contribution >= 0.6 is 0 Å². The predicted molar refractivity (Wildman–Crippen MR) is 44.1 cm³/mol. The minimum absolute atomic E-state index is 0. The fourth-order valence-corrected chi connectivity index (χ4v) is 0.585. The van der Waals surface area contributed by atoms with Crippen LogP contribution in [0, 0.1) is 0 Å². The van der Waals surface area contributed by atoms with E-state index in [1.165, 1.54) is 0 Å². The van der Waals surface area contributed by atoms with E-state index >= 15 is 0 Å². The quantitative estimate of drug-likeness (QED) is 0.305. The zero-order chi connectivity index (χ0) is 8.91. The van der Waals surface area contributed by atoms with Crippen LogP contribution in [-0.4, -0.2) is 44.7 Å². The molecule has 0 rings (SSSR count). The Labute approximate surface area is 84.4 Å². The van der Waals surface area contributed by atoms with Gasteiger partial charge in [-0.1, -0.05) is 12.7 Å². The molecule has 0 aromatic carbocycles. The first-order chi connectivity index (χ1) is 4.95. The average molecular weight is 238 g/mol. The molecule has 0 saturated heterocycles. The highest BCUT2D eigenvalue weighted by atomic mass is 79.9. The molecule has 0 saturated carbocycles. The molecule has 0 N–H and O–H groups in total. The number of carbonyl (C=O) groups excluding carboxylic acids is 1. The summed E-state index contributed by atoms with van der Waals surface area (Å²) in [6.45, 7) is 4.15. The number of carbonyl (C=O) groups is 1. The van der Waals surface area contributed by atoms with Gasteiger partial charge in [0.25, 0.3) is 0 Å². The second kappa shape index (κ2) is 6.20. The van der Waals surface area contributed by atoms with E-state index in [1.807, 2.05) is 21.1 Å². The normalized spacial score (nSPS) is 9.92. The first-order valence-electron chi connectivity index (χ1n) is 3.52. The Balaban J connectivity index is 0. The van der Waals surface area contributed by atoms with Crippen molar-refractivity contribution in [2.75, 3.05) is 34.3 Å². The molecule has 0 amide bonds. The monoisotopic (exact) mass is 237 g/mol. The minimum Gasteiger partial charge on any atom is -1.00 e. The van der Waals surface area contributed by atoms with Crippen molar-refractivity contribution in [3.8, 4) is 0 Å². The molecule has 72 valence electrons. The van der Waals surface area contributed by atoms with E-state index in [1.54, 1.807) is 6.08 Å². The van der Waals surface area contributed by atoms with Gasteiger partial charge in [-0.3, -0.25) is 0 Å². The molecular formula is C8H16BrNO2. The number of nitrogens with zero attached hydrogens (tertiary/aromatic N) is 1. The summed E-state index contributed by atoms with van der Waals surface area (Å²) in [5, 5.41) is 0. The summed E-state index contributed by atoms with van der Waals surface area (Å²) >= 11 is 0.